The Morgan fingerprint density at radius 2 is 1.94 bits per heavy atom. The molecule has 33 heavy (non-hydrogen) atoms. The number of pyridine rings is 1. The van der Waals surface area contributed by atoms with E-state index in [1.807, 2.05) is 0 Å². The third kappa shape index (κ3) is 4.99. The van der Waals surface area contributed by atoms with Gasteiger partial charge in [0.05, 0.1) is 18.0 Å². The van der Waals surface area contributed by atoms with E-state index in [-0.39, 0.29) is 23.6 Å². The van der Waals surface area contributed by atoms with E-state index in [0.717, 1.165) is 5.56 Å². The molecule has 10 heteroatoms. The SMILES string of the molecule is N#CCC1(n2cc(C(N)=O)c(Nc3ccnc(F)c3)n2)CCN(Cc2ccc(F)cc2)CC1. The Bertz CT molecular complexity index is 1180. The van der Waals surface area contributed by atoms with E-state index in [1.54, 1.807) is 29.1 Å². The lowest BCUT2D eigenvalue weighted by Crippen LogP contribution is -2.46. The van der Waals surface area contributed by atoms with E-state index in [0.29, 0.717) is 38.2 Å². The first-order valence-corrected chi connectivity index (χ1v) is 10.5. The molecule has 0 aliphatic carbocycles. The molecule has 0 spiro atoms. The van der Waals surface area contributed by atoms with Gasteiger partial charge < -0.3 is 11.1 Å². The van der Waals surface area contributed by atoms with Gasteiger partial charge in [-0.15, -0.1) is 0 Å². The first-order valence-electron chi connectivity index (χ1n) is 10.5. The number of nitrogens with zero attached hydrogens (tertiary/aromatic N) is 5. The number of benzene rings is 1. The van der Waals surface area contributed by atoms with Crippen LogP contribution in [0, 0.1) is 23.1 Å². The number of nitrogens with one attached hydrogen (secondary N) is 1. The molecule has 3 heterocycles. The van der Waals surface area contributed by atoms with Crippen LogP contribution in [0.4, 0.5) is 20.3 Å². The van der Waals surface area contributed by atoms with Crippen LogP contribution in [0.5, 0.6) is 0 Å². The first-order chi connectivity index (χ1) is 15.9. The lowest BCUT2D eigenvalue weighted by molar-refractivity contribution is 0.0967. The van der Waals surface area contributed by atoms with Crippen molar-refractivity contribution in [2.45, 2.75) is 31.3 Å². The number of piperidine rings is 1. The number of likely N-dealkylation sites (tertiary alicyclic amines) is 1. The molecule has 8 nitrogen and oxygen atoms in total. The lowest BCUT2D eigenvalue weighted by Gasteiger charge is -2.40. The van der Waals surface area contributed by atoms with Crippen LogP contribution in [0.3, 0.4) is 0 Å². The van der Waals surface area contributed by atoms with Crippen molar-refractivity contribution in [2.75, 3.05) is 18.4 Å². The average molecular weight is 451 g/mol. The molecule has 0 atom stereocenters. The molecular formula is C23H23F2N7O. The largest absolute Gasteiger partial charge is 0.365 e. The van der Waals surface area contributed by atoms with E-state index in [1.165, 1.54) is 24.4 Å². The third-order valence-electron chi connectivity index (χ3n) is 5.97. The molecule has 0 bridgehead atoms. The highest BCUT2D eigenvalue weighted by Gasteiger charge is 2.38. The molecule has 0 saturated carbocycles. The summed E-state index contributed by atoms with van der Waals surface area (Å²) in [6.07, 6.45) is 4.32. The fourth-order valence-electron chi connectivity index (χ4n) is 4.12. The van der Waals surface area contributed by atoms with Gasteiger partial charge >= 0.3 is 0 Å². The number of rotatable bonds is 7. The molecule has 0 unspecified atom stereocenters. The fraction of sp³-hybridized carbons (Fsp3) is 0.304. The molecule has 0 radical (unpaired) electrons. The molecule has 2 aromatic heterocycles. The number of hydrogen-bond acceptors (Lipinski definition) is 6. The second-order valence-corrected chi connectivity index (χ2v) is 8.15. The van der Waals surface area contributed by atoms with E-state index in [4.69, 9.17) is 5.73 Å². The fourth-order valence-corrected chi connectivity index (χ4v) is 4.12. The lowest BCUT2D eigenvalue weighted by atomic mass is 9.84. The van der Waals surface area contributed by atoms with E-state index in [2.05, 4.69) is 26.4 Å². The van der Waals surface area contributed by atoms with Gasteiger partial charge in [-0.2, -0.15) is 14.8 Å². The van der Waals surface area contributed by atoms with Crippen molar-refractivity contribution in [3.8, 4) is 6.07 Å². The Balaban J connectivity index is 1.55. The second-order valence-electron chi connectivity index (χ2n) is 8.15. The van der Waals surface area contributed by atoms with Crippen molar-refractivity contribution in [3.63, 3.8) is 0 Å². The molecule has 170 valence electrons. The molecule has 1 amide bonds. The number of aromatic nitrogens is 3. The summed E-state index contributed by atoms with van der Waals surface area (Å²) in [7, 11) is 0. The van der Waals surface area contributed by atoms with Crippen LogP contribution in [0.25, 0.3) is 0 Å². The molecule has 3 N–H and O–H groups in total. The normalized spacial score (nSPS) is 15.7. The number of nitrogens with two attached hydrogens (primary N) is 1. The Kier molecular flexibility index (Phi) is 6.33. The Hall–Kier alpha value is -3.84. The van der Waals surface area contributed by atoms with E-state index in [9.17, 15) is 18.8 Å². The number of primary amides is 1. The van der Waals surface area contributed by atoms with Gasteiger partial charge in [-0.3, -0.25) is 14.4 Å². The average Bonchev–Trinajstić information content (AvgIpc) is 3.22. The minimum absolute atomic E-state index is 0.151. The van der Waals surface area contributed by atoms with Crippen molar-refractivity contribution in [1.82, 2.24) is 19.7 Å². The minimum Gasteiger partial charge on any atom is -0.365 e. The Labute approximate surface area is 189 Å². The number of carbonyl (C=O) groups is 1. The maximum atomic E-state index is 13.5. The first kappa shape index (κ1) is 22.4. The monoisotopic (exact) mass is 451 g/mol. The van der Waals surface area contributed by atoms with Crippen molar-refractivity contribution in [3.05, 3.63) is 71.7 Å². The number of halogens is 2. The van der Waals surface area contributed by atoms with Crippen molar-refractivity contribution in [2.24, 2.45) is 5.73 Å². The number of amides is 1. The standard InChI is InChI=1S/C23H23F2N7O/c24-17-3-1-16(2-4-17)14-31-11-7-23(6-9-26,8-12-31)32-15-19(21(27)33)22(30-32)29-18-5-10-28-20(25)13-18/h1-5,10,13,15H,6-8,11-12,14H2,(H2,27,33)(H,28,29,30). The topological polar surface area (TPSA) is 113 Å². The van der Waals surface area contributed by atoms with Gasteiger partial charge in [-0.05, 0) is 36.6 Å². The second kappa shape index (κ2) is 9.34. The van der Waals surface area contributed by atoms with E-state index >= 15 is 0 Å². The summed E-state index contributed by atoms with van der Waals surface area (Å²) in [5.41, 5.74) is 6.48. The highest BCUT2D eigenvalue weighted by Crippen LogP contribution is 2.35. The summed E-state index contributed by atoms with van der Waals surface area (Å²) in [4.78, 5) is 17.8. The van der Waals surface area contributed by atoms with Gasteiger partial charge in [-0.1, -0.05) is 12.1 Å². The number of anilines is 2. The van der Waals surface area contributed by atoms with Gasteiger partial charge in [-0.25, -0.2) is 9.37 Å². The number of nitriles is 1. The maximum absolute atomic E-state index is 13.5. The van der Waals surface area contributed by atoms with Gasteiger partial charge in [0, 0.05) is 43.8 Å². The summed E-state index contributed by atoms with van der Waals surface area (Å²) in [6.45, 7) is 2.07. The zero-order valence-corrected chi connectivity index (χ0v) is 17.8. The smallest absolute Gasteiger partial charge is 0.254 e. The van der Waals surface area contributed by atoms with Gasteiger partial charge in [0.25, 0.3) is 5.91 Å². The molecule has 1 aromatic carbocycles. The number of hydrogen-bond donors (Lipinski definition) is 2. The Morgan fingerprint density at radius 1 is 1.21 bits per heavy atom. The van der Waals surface area contributed by atoms with Crippen LogP contribution in [-0.2, 0) is 12.1 Å². The summed E-state index contributed by atoms with van der Waals surface area (Å²) in [6, 6.07) is 11.4. The minimum atomic E-state index is -0.681. The van der Waals surface area contributed by atoms with Crippen molar-refractivity contribution in [1.29, 1.82) is 5.26 Å². The predicted octanol–water partition coefficient (Wildman–Crippen LogP) is 3.30. The van der Waals surface area contributed by atoms with E-state index < -0.39 is 17.4 Å². The quantitative estimate of drug-likeness (QED) is 0.533. The maximum Gasteiger partial charge on any atom is 0.254 e. The molecule has 1 aliphatic rings. The zero-order chi connectivity index (χ0) is 23.4. The zero-order valence-electron chi connectivity index (χ0n) is 17.8. The van der Waals surface area contributed by atoms with Crippen molar-refractivity contribution < 1.29 is 13.6 Å². The van der Waals surface area contributed by atoms with Crippen molar-refractivity contribution >= 4 is 17.4 Å². The summed E-state index contributed by atoms with van der Waals surface area (Å²) < 4.78 is 28.3. The molecule has 1 aliphatic heterocycles. The summed E-state index contributed by atoms with van der Waals surface area (Å²) in [5, 5.41) is 17.0. The van der Waals surface area contributed by atoms with Crippen LogP contribution >= 0.6 is 0 Å². The van der Waals surface area contributed by atoms with Gasteiger partial charge in [0.2, 0.25) is 5.95 Å². The third-order valence-corrected chi connectivity index (χ3v) is 5.97. The molecule has 4 rings (SSSR count). The molecule has 3 aromatic rings. The summed E-state index contributed by atoms with van der Waals surface area (Å²) in [5.74, 6) is -1.43. The van der Waals surface area contributed by atoms with Gasteiger partial charge in [0.1, 0.15) is 11.4 Å². The van der Waals surface area contributed by atoms with Crippen LogP contribution in [0.2, 0.25) is 0 Å². The molecular weight excluding hydrogens is 428 g/mol. The summed E-state index contributed by atoms with van der Waals surface area (Å²) >= 11 is 0. The highest BCUT2D eigenvalue weighted by atomic mass is 19.1. The Morgan fingerprint density at radius 3 is 2.58 bits per heavy atom. The molecule has 1 fully saturated rings. The van der Waals surface area contributed by atoms with Crippen LogP contribution in [0.1, 0.15) is 35.2 Å². The number of carbonyl (C=O) groups excluding carboxylic acids is 1. The highest BCUT2D eigenvalue weighted by molar-refractivity contribution is 5.98. The van der Waals surface area contributed by atoms with Crippen LogP contribution in [0.15, 0.2) is 48.8 Å². The predicted molar refractivity (Wildman–Crippen MR) is 117 cm³/mol. The van der Waals surface area contributed by atoms with Crippen LogP contribution < -0.4 is 11.1 Å². The van der Waals surface area contributed by atoms with Crippen LogP contribution in [-0.4, -0.2) is 38.7 Å². The molecule has 1 saturated heterocycles. The van der Waals surface area contributed by atoms with Gasteiger partial charge in [0.15, 0.2) is 5.82 Å².